The third kappa shape index (κ3) is 1.49. The van der Waals surface area contributed by atoms with Crippen molar-refractivity contribution in [3.8, 4) is 0 Å². The summed E-state index contributed by atoms with van der Waals surface area (Å²) in [4.78, 5) is 9.94. The molecule has 12 heavy (non-hydrogen) atoms. The SMILES string of the molecule is O=C(O)C(CF)(C(F)F)C(F)F. The van der Waals surface area contributed by atoms with Crippen LogP contribution < -0.4 is 0 Å². The Hall–Kier alpha value is -0.880. The summed E-state index contributed by atoms with van der Waals surface area (Å²) in [6, 6.07) is 0. The fourth-order valence-corrected chi connectivity index (χ4v) is 0.456. The molecular weight excluding hydrogens is 187 g/mol. The van der Waals surface area contributed by atoms with Crippen LogP contribution in [0.2, 0.25) is 0 Å². The summed E-state index contributed by atoms with van der Waals surface area (Å²) in [7, 11) is 0. The molecule has 0 saturated carbocycles. The smallest absolute Gasteiger partial charge is 0.324 e. The molecule has 0 aliphatic heterocycles. The number of carbonyl (C=O) groups is 1. The standard InChI is InChI=1S/C5H5F5O2/c6-1-5(2(7)8,3(9)10)4(11)12/h2-3H,1H2,(H,11,12). The number of carboxylic acids is 1. The van der Waals surface area contributed by atoms with E-state index in [-0.39, 0.29) is 0 Å². The van der Waals surface area contributed by atoms with Gasteiger partial charge in [-0.05, 0) is 0 Å². The normalized spacial score (nSPS) is 12.6. The molecule has 0 unspecified atom stereocenters. The molecule has 0 aromatic heterocycles. The lowest BCUT2D eigenvalue weighted by atomic mass is 9.91. The Morgan fingerprint density at radius 2 is 1.58 bits per heavy atom. The maximum atomic E-state index is 11.8. The van der Waals surface area contributed by atoms with E-state index in [1.54, 1.807) is 0 Å². The molecule has 0 aromatic rings. The van der Waals surface area contributed by atoms with Gasteiger partial charge in [-0.1, -0.05) is 0 Å². The Kier molecular flexibility index (Phi) is 3.41. The number of aliphatic carboxylic acids is 1. The number of hydrogen-bond acceptors (Lipinski definition) is 1. The van der Waals surface area contributed by atoms with E-state index in [0.29, 0.717) is 0 Å². The molecule has 0 heterocycles. The zero-order chi connectivity index (χ0) is 9.94. The summed E-state index contributed by atoms with van der Waals surface area (Å²) < 4.78 is 58.7. The highest BCUT2D eigenvalue weighted by Gasteiger charge is 2.56. The summed E-state index contributed by atoms with van der Waals surface area (Å²) in [5.74, 6) is -2.53. The van der Waals surface area contributed by atoms with E-state index in [1.807, 2.05) is 0 Å². The number of halogens is 5. The van der Waals surface area contributed by atoms with Gasteiger partial charge in [-0.2, -0.15) is 0 Å². The van der Waals surface area contributed by atoms with Crippen molar-refractivity contribution in [2.24, 2.45) is 5.41 Å². The van der Waals surface area contributed by atoms with E-state index in [2.05, 4.69) is 0 Å². The Morgan fingerprint density at radius 3 is 1.58 bits per heavy atom. The molecule has 1 N–H and O–H groups in total. The summed E-state index contributed by atoms with van der Waals surface area (Å²) in [5.41, 5.74) is -3.88. The van der Waals surface area contributed by atoms with E-state index in [0.717, 1.165) is 0 Å². The molecule has 0 radical (unpaired) electrons. The maximum absolute atomic E-state index is 11.8. The van der Waals surface area contributed by atoms with Gasteiger partial charge >= 0.3 is 5.97 Å². The van der Waals surface area contributed by atoms with Crippen molar-refractivity contribution in [3.05, 3.63) is 0 Å². The molecule has 72 valence electrons. The van der Waals surface area contributed by atoms with Gasteiger partial charge in [0.1, 0.15) is 6.67 Å². The van der Waals surface area contributed by atoms with Crippen LogP contribution in [0.5, 0.6) is 0 Å². The number of alkyl halides is 5. The summed E-state index contributed by atoms with van der Waals surface area (Å²) in [6.45, 7) is -2.29. The minimum atomic E-state index is -3.93. The Balaban J connectivity index is 4.90. The van der Waals surface area contributed by atoms with Crippen LogP contribution in [-0.2, 0) is 4.79 Å². The summed E-state index contributed by atoms with van der Waals surface area (Å²) >= 11 is 0. The largest absolute Gasteiger partial charge is 0.480 e. The number of carboxylic acid groups (broad SMARTS) is 1. The first kappa shape index (κ1) is 11.1. The molecule has 0 fully saturated rings. The first-order chi connectivity index (χ1) is 5.39. The number of rotatable bonds is 4. The van der Waals surface area contributed by atoms with E-state index >= 15 is 0 Å². The Bertz CT molecular complexity index is 161. The second kappa shape index (κ2) is 3.68. The van der Waals surface area contributed by atoms with Gasteiger partial charge in [-0.25, -0.2) is 22.0 Å². The molecule has 0 amide bonds. The average Bonchev–Trinajstić information content (AvgIpc) is 1.86. The predicted octanol–water partition coefficient (Wildman–Crippen LogP) is 1.56. The van der Waals surface area contributed by atoms with Gasteiger partial charge in [0.05, 0.1) is 0 Å². The molecule has 7 heteroatoms. The van der Waals surface area contributed by atoms with Crippen molar-refractivity contribution in [1.82, 2.24) is 0 Å². The van der Waals surface area contributed by atoms with Gasteiger partial charge in [0.2, 0.25) is 5.41 Å². The van der Waals surface area contributed by atoms with Crippen LogP contribution in [0.4, 0.5) is 22.0 Å². The van der Waals surface area contributed by atoms with Crippen LogP contribution in [0.15, 0.2) is 0 Å². The Labute approximate surface area is 64.0 Å². The van der Waals surface area contributed by atoms with Crippen LogP contribution >= 0.6 is 0 Å². The highest BCUT2D eigenvalue weighted by molar-refractivity contribution is 5.76. The minimum Gasteiger partial charge on any atom is -0.480 e. The van der Waals surface area contributed by atoms with Gasteiger partial charge in [0.25, 0.3) is 12.9 Å². The molecule has 0 atom stereocenters. The molecule has 0 spiro atoms. The molecule has 0 aliphatic carbocycles. The molecule has 0 aromatic carbocycles. The predicted molar refractivity (Wildman–Crippen MR) is 28.1 cm³/mol. The summed E-state index contributed by atoms with van der Waals surface area (Å²) in [6.07, 6.45) is -7.86. The van der Waals surface area contributed by atoms with Crippen LogP contribution in [0, 0.1) is 5.41 Å². The average molecular weight is 192 g/mol. The second-order valence-electron chi connectivity index (χ2n) is 2.08. The van der Waals surface area contributed by atoms with Gasteiger partial charge in [0.15, 0.2) is 0 Å². The van der Waals surface area contributed by atoms with Crippen molar-refractivity contribution < 1.29 is 31.9 Å². The maximum Gasteiger partial charge on any atom is 0.324 e. The monoisotopic (exact) mass is 192 g/mol. The topological polar surface area (TPSA) is 37.3 Å². The second-order valence-corrected chi connectivity index (χ2v) is 2.08. The fourth-order valence-electron chi connectivity index (χ4n) is 0.456. The molecule has 0 saturated heterocycles. The zero-order valence-corrected chi connectivity index (χ0v) is 5.61. The van der Waals surface area contributed by atoms with Gasteiger partial charge < -0.3 is 5.11 Å². The fraction of sp³-hybridized carbons (Fsp3) is 0.800. The van der Waals surface area contributed by atoms with Crippen LogP contribution in [0.25, 0.3) is 0 Å². The molecular formula is C5H5F5O2. The third-order valence-electron chi connectivity index (χ3n) is 1.40. The lowest BCUT2D eigenvalue weighted by molar-refractivity contribution is -0.181. The van der Waals surface area contributed by atoms with Crippen LogP contribution in [0.3, 0.4) is 0 Å². The first-order valence-corrected chi connectivity index (χ1v) is 2.75. The number of hydrogen-bond donors (Lipinski definition) is 1. The lowest BCUT2D eigenvalue weighted by Crippen LogP contribution is -2.46. The van der Waals surface area contributed by atoms with Crippen molar-refractivity contribution >= 4 is 5.97 Å². The third-order valence-corrected chi connectivity index (χ3v) is 1.40. The van der Waals surface area contributed by atoms with Crippen molar-refractivity contribution in [1.29, 1.82) is 0 Å². The van der Waals surface area contributed by atoms with E-state index in [4.69, 9.17) is 5.11 Å². The summed E-state index contributed by atoms with van der Waals surface area (Å²) in [5, 5.41) is 7.96. The van der Waals surface area contributed by atoms with Gasteiger partial charge in [0, 0.05) is 0 Å². The molecule has 0 aliphatic rings. The van der Waals surface area contributed by atoms with Crippen LogP contribution in [-0.4, -0.2) is 30.6 Å². The molecule has 0 bridgehead atoms. The van der Waals surface area contributed by atoms with Gasteiger partial charge in [-0.15, -0.1) is 0 Å². The quantitative estimate of drug-likeness (QED) is 0.686. The molecule has 0 rings (SSSR count). The first-order valence-electron chi connectivity index (χ1n) is 2.75. The zero-order valence-electron chi connectivity index (χ0n) is 5.61. The van der Waals surface area contributed by atoms with E-state index in [1.165, 1.54) is 0 Å². The highest BCUT2D eigenvalue weighted by Crippen LogP contribution is 2.34. The van der Waals surface area contributed by atoms with Crippen molar-refractivity contribution in [2.45, 2.75) is 12.9 Å². The minimum absolute atomic E-state index is 2.29. The van der Waals surface area contributed by atoms with E-state index in [9.17, 15) is 26.7 Å². The van der Waals surface area contributed by atoms with Crippen LogP contribution in [0.1, 0.15) is 0 Å². The van der Waals surface area contributed by atoms with Crippen molar-refractivity contribution in [2.75, 3.05) is 6.67 Å². The molecule has 2 nitrogen and oxygen atoms in total. The lowest BCUT2D eigenvalue weighted by Gasteiger charge is -2.23. The van der Waals surface area contributed by atoms with E-state index < -0.39 is 30.9 Å². The Morgan fingerprint density at radius 1 is 1.25 bits per heavy atom. The van der Waals surface area contributed by atoms with Crippen molar-refractivity contribution in [3.63, 3.8) is 0 Å². The van der Waals surface area contributed by atoms with Gasteiger partial charge in [-0.3, -0.25) is 4.79 Å². The highest BCUT2D eigenvalue weighted by atomic mass is 19.3.